The first-order valence-corrected chi connectivity index (χ1v) is 10.2. The molecular weight excluding hydrogens is 368 g/mol. The Labute approximate surface area is 173 Å². The smallest absolute Gasteiger partial charge is 0.194 e. The van der Waals surface area contributed by atoms with Crippen molar-refractivity contribution in [1.82, 2.24) is 25.0 Å². The predicted octanol–water partition coefficient (Wildman–Crippen LogP) is 2.53. The Balaban J connectivity index is 2.03. The molecule has 0 unspecified atom stereocenters. The highest BCUT2D eigenvalue weighted by Crippen LogP contribution is 2.13. The van der Waals surface area contributed by atoms with Crippen molar-refractivity contribution < 1.29 is 9.47 Å². The quantitative estimate of drug-likeness (QED) is 0.354. The van der Waals surface area contributed by atoms with Crippen molar-refractivity contribution in [2.45, 2.75) is 40.3 Å². The molecule has 0 spiro atoms. The summed E-state index contributed by atoms with van der Waals surface area (Å²) in [6.07, 6.45) is 0.923. The molecule has 1 N–H and O–H groups in total. The van der Waals surface area contributed by atoms with Gasteiger partial charge in [-0.2, -0.15) is 0 Å². The molecule has 0 saturated carbocycles. The van der Waals surface area contributed by atoms with Crippen LogP contribution in [0.2, 0.25) is 0 Å². The number of aliphatic imine (C=N–C) groups is 1. The summed E-state index contributed by atoms with van der Waals surface area (Å²) in [6, 6.07) is 8.17. The first-order valence-electron chi connectivity index (χ1n) is 10.2. The molecule has 0 aliphatic carbocycles. The second-order valence-electron chi connectivity index (χ2n) is 6.77. The van der Waals surface area contributed by atoms with Gasteiger partial charge in [0.1, 0.15) is 18.1 Å². The normalized spacial score (nSPS) is 11.6. The number of benzene rings is 1. The van der Waals surface area contributed by atoms with Crippen molar-refractivity contribution in [2.75, 3.05) is 33.4 Å². The number of rotatable bonds is 11. The van der Waals surface area contributed by atoms with E-state index >= 15 is 0 Å². The molecule has 0 saturated heterocycles. The average Bonchev–Trinajstić information content (AvgIpc) is 3.03. The van der Waals surface area contributed by atoms with E-state index in [0.29, 0.717) is 13.2 Å². The largest absolute Gasteiger partial charge is 0.494 e. The third kappa shape index (κ3) is 7.38. The predicted molar refractivity (Wildman–Crippen MR) is 115 cm³/mol. The summed E-state index contributed by atoms with van der Waals surface area (Å²) in [5, 5.41) is 11.8. The number of guanidine groups is 1. The van der Waals surface area contributed by atoms with Gasteiger partial charge in [-0.3, -0.25) is 0 Å². The van der Waals surface area contributed by atoms with Crippen LogP contribution in [0, 0.1) is 6.92 Å². The van der Waals surface area contributed by atoms with Crippen LogP contribution in [-0.2, 0) is 24.9 Å². The third-order valence-corrected chi connectivity index (χ3v) is 4.52. The molecule has 29 heavy (non-hydrogen) atoms. The van der Waals surface area contributed by atoms with E-state index in [-0.39, 0.29) is 0 Å². The van der Waals surface area contributed by atoms with Crippen molar-refractivity contribution in [3.8, 4) is 5.75 Å². The Morgan fingerprint density at radius 2 is 1.93 bits per heavy atom. The maximum absolute atomic E-state index is 5.52. The van der Waals surface area contributed by atoms with E-state index in [1.54, 1.807) is 0 Å². The Kier molecular flexibility index (Phi) is 9.43. The van der Waals surface area contributed by atoms with Gasteiger partial charge in [-0.25, -0.2) is 4.99 Å². The average molecular weight is 403 g/mol. The van der Waals surface area contributed by atoms with Gasteiger partial charge in [-0.05, 0) is 44.9 Å². The van der Waals surface area contributed by atoms with Crippen molar-refractivity contribution >= 4 is 5.96 Å². The molecule has 0 bridgehead atoms. The second-order valence-corrected chi connectivity index (χ2v) is 6.77. The monoisotopic (exact) mass is 402 g/mol. The summed E-state index contributed by atoms with van der Waals surface area (Å²) in [5.74, 6) is 3.44. The molecule has 1 heterocycles. The molecule has 0 fully saturated rings. The Morgan fingerprint density at radius 3 is 2.55 bits per heavy atom. The molecule has 0 radical (unpaired) electrons. The lowest BCUT2D eigenvalue weighted by Crippen LogP contribution is -2.39. The van der Waals surface area contributed by atoms with Crippen molar-refractivity contribution in [1.29, 1.82) is 0 Å². The number of aryl methyl sites for hydroxylation is 1. The molecule has 8 heteroatoms. The van der Waals surface area contributed by atoms with Crippen molar-refractivity contribution in [2.24, 2.45) is 12.0 Å². The first-order chi connectivity index (χ1) is 14.0. The fourth-order valence-corrected chi connectivity index (χ4v) is 2.77. The van der Waals surface area contributed by atoms with Gasteiger partial charge in [0.25, 0.3) is 0 Å². The van der Waals surface area contributed by atoms with Crippen LogP contribution in [0.1, 0.15) is 37.5 Å². The molecule has 0 aliphatic rings. The molecule has 1 aromatic heterocycles. The highest BCUT2D eigenvalue weighted by Gasteiger charge is 2.10. The highest BCUT2D eigenvalue weighted by molar-refractivity contribution is 5.79. The number of hydrogen-bond donors (Lipinski definition) is 1. The van der Waals surface area contributed by atoms with Gasteiger partial charge in [-0.1, -0.05) is 12.1 Å². The van der Waals surface area contributed by atoms with E-state index in [2.05, 4.69) is 32.5 Å². The minimum absolute atomic E-state index is 0.471. The van der Waals surface area contributed by atoms with Gasteiger partial charge >= 0.3 is 0 Å². The molecule has 0 atom stereocenters. The minimum Gasteiger partial charge on any atom is -0.494 e. The van der Waals surface area contributed by atoms with Crippen molar-refractivity contribution in [3.63, 3.8) is 0 Å². The van der Waals surface area contributed by atoms with Crippen LogP contribution in [0.5, 0.6) is 5.75 Å². The Hall–Kier alpha value is -2.61. The summed E-state index contributed by atoms with van der Waals surface area (Å²) in [5.41, 5.74) is 1.19. The Morgan fingerprint density at radius 1 is 1.17 bits per heavy atom. The lowest BCUT2D eigenvalue weighted by Gasteiger charge is -2.23. The molecule has 2 rings (SSSR count). The van der Waals surface area contributed by atoms with Crippen LogP contribution in [-0.4, -0.2) is 59.0 Å². The van der Waals surface area contributed by atoms with Crippen LogP contribution in [0.25, 0.3) is 0 Å². The van der Waals surface area contributed by atoms with E-state index in [0.717, 1.165) is 56.1 Å². The van der Waals surface area contributed by atoms with Gasteiger partial charge in [-0.15, -0.1) is 10.2 Å². The molecular formula is C21H34N6O2. The molecule has 0 aliphatic heterocycles. The van der Waals surface area contributed by atoms with E-state index in [1.165, 1.54) is 5.56 Å². The lowest BCUT2D eigenvalue weighted by molar-refractivity contribution is 0.145. The van der Waals surface area contributed by atoms with E-state index in [4.69, 9.17) is 14.5 Å². The van der Waals surface area contributed by atoms with Crippen LogP contribution in [0.15, 0.2) is 29.3 Å². The van der Waals surface area contributed by atoms with Crippen LogP contribution < -0.4 is 10.1 Å². The van der Waals surface area contributed by atoms with Gasteiger partial charge in [0, 0.05) is 40.4 Å². The zero-order valence-electron chi connectivity index (χ0n) is 18.3. The zero-order chi connectivity index (χ0) is 21.1. The van der Waals surface area contributed by atoms with Gasteiger partial charge in [0.15, 0.2) is 11.8 Å². The van der Waals surface area contributed by atoms with Gasteiger partial charge < -0.3 is 24.3 Å². The number of nitrogens with one attached hydrogen (secondary N) is 1. The summed E-state index contributed by atoms with van der Waals surface area (Å²) in [4.78, 5) is 6.88. The van der Waals surface area contributed by atoms with E-state index in [1.807, 2.05) is 51.6 Å². The summed E-state index contributed by atoms with van der Waals surface area (Å²) >= 11 is 0. The van der Waals surface area contributed by atoms with Crippen LogP contribution >= 0.6 is 0 Å². The Bertz CT molecular complexity index is 757. The fourth-order valence-electron chi connectivity index (χ4n) is 2.77. The third-order valence-electron chi connectivity index (χ3n) is 4.52. The molecule has 1 aromatic carbocycles. The number of aromatic nitrogens is 3. The van der Waals surface area contributed by atoms with Crippen LogP contribution in [0.4, 0.5) is 0 Å². The molecule has 8 nitrogen and oxygen atoms in total. The summed E-state index contributed by atoms with van der Waals surface area (Å²) in [6.45, 7) is 10.1. The standard InChI is InChI=1S/C21H34N6O2/c1-6-28-14-8-13-22-21(23-15-20-25-24-17(3)27(20)5)26(4)16-18-9-11-19(12-10-18)29-7-2/h9-12H,6-8,13-16H2,1-5H3,(H,22,23). The molecule has 0 amide bonds. The SMILES string of the molecule is CCOCCCNC(=NCc1nnc(C)n1C)N(C)Cc1ccc(OCC)cc1. The molecule has 160 valence electrons. The number of nitrogens with zero attached hydrogens (tertiary/aromatic N) is 5. The summed E-state index contributed by atoms with van der Waals surface area (Å²) < 4.78 is 12.9. The topological polar surface area (TPSA) is 76.8 Å². The number of hydrogen-bond acceptors (Lipinski definition) is 5. The fraction of sp³-hybridized carbons (Fsp3) is 0.571. The molecule has 2 aromatic rings. The van der Waals surface area contributed by atoms with E-state index < -0.39 is 0 Å². The highest BCUT2D eigenvalue weighted by atomic mass is 16.5. The maximum Gasteiger partial charge on any atom is 0.194 e. The maximum atomic E-state index is 5.52. The lowest BCUT2D eigenvalue weighted by atomic mass is 10.2. The zero-order valence-corrected chi connectivity index (χ0v) is 18.3. The second kappa shape index (κ2) is 12.1. The van der Waals surface area contributed by atoms with Gasteiger partial charge in [0.2, 0.25) is 0 Å². The first kappa shape index (κ1) is 22.7. The van der Waals surface area contributed by atoms with E-state index in [9.17, 15) is 0 Å². The van der Waals surface area contributed by atoms with Crippen molar-refractivity contribution in [3.05, 3.63) is 41.5 Å². The van der Waals surface area contributed by atoms with Gasteiger partial charge in [0.05, 0.1) is 6.61 Å². The van der Waals surface area contributed by atoms with Crippen LogP contribution in [0.3, 0.4) is 0 Å². The minimum atomic E-state index is 0.471. The number of ether oxygens (including phenoxy) is 2. The summed E-state index contributed by atoms with van der Waals surface area (Å²) in [7, 11) is 3.99.